The molecule has 0 fully saturated rings. The van der Waals surface area contributed by atoms with Gasteiger partial charge >= 0.3 is 0 Å². The molecular weight excluding hydrogens is 409 g/mol. The fourth-order valence-electron chi connectivity index (χ4n) is 2.37. The van der Waals surface area contributed by atoms with E-state index in [1.54, 1.807) is 37.3 Å². The standard InChI is InChI=1S/C18H22ClN3O3S.ClH/c1-13-7-8-14(18(23)21-10-3-2-9-20)11-17(13)26(24,25)22-16-6-4-5-15(19)12-16;/h4-8,11-12,22H,2-3,9-10,20H2,1H3,(H,21,23);1H. The lowest BCUT2D eigenvalue weighted by molar-refractivity contribution is 0.0953. The number of hydrogen-bond donors (Lipinski definition) is 3. The first-order chi connectivity index (χ1) is 12.3. The van der Waals surface area contributed by atoms with Crippen molar-refractivity contribution in [3.8, 4) is 0 Å². The van der Waals surface area contributed by atoms with Gasteiger partial charge in [-0.2, -0.15) is 0 Å². The maximum absolute atomic E-state index is 12.7. The van der Waals surface area contributed by atoms with Gasteiger partial charge in [-0.05, 0) is 62.2 Å². The number of aryl methyl sites for hydroxylation is 1. The Kier molecular flexibility index (Phi) is 9.05. The maximum atomic E-state index is 12.7. The summed E-state index contributed by atoms with van der Waals surface area (Å²) >= 11 is 5.89. The van der Waals surface area contributed by atoms with Crippen LogP contribution in [-0.2, 0) is 10.0 Å². The summed E-state index contributed by atoms with van der Waals surface area (Å²) < 4.78 is 27.9. The van der Waals surface area contributed by atoms with E-state index in [0.717, 1.165) is 12.8 Å². The molecule has 0 aliphatic carbocycles. The number of hydrogen-bond acceptors (Lipinski definition) is 4. The second-order valence-corrected chi connectivity index (χ2v) is 7.94. The van der Waals surface area contributed by atoms with Crippen molar-refractivity contribution in [1.82, 2.24) is 5.32 Å². The third-order valence-electron chi connectivity index (χ3n) is 3.73. The average Bonchev–Trinajstić information content (AvgIpc) is 2.58. The summed E-state index contributed by atoms with van der Waals surface area (Å²) in [4.78, 5) is 12.3. The Labute approximate surface area is 170 Å². The van der Waals surface area contributed by atoms with Gasteiger partial charge in [0.25, 0.3) is 15.9 Å². The SMILES string of the molecule is Cc1ccc(C(=O)NCCCCN)cc1S(=O)(=O)Nc1cccc(Cl)c1.Cl. The fourth-order valence-corrected chi connectivity index (χ4v) is 3.88. The van der Waals surface area contributed by atoms with E-state index in [4.69, 9.17) is 17.3 Å². The van der Waals surface area contributed by atoms with Crippen molar-refractivity contribution in [3.05, 3.63) is 58.6 Å². The molecule has 0 aliphatic heterocycles. The molecule has 4 N–H and O–H groups in total. The highest BCUT2D eigenvalue weighted by atomic mass is 35.5. The van der Waals surface area contributed by atoms with Gasteiger partial charge in [-0.1, -0.05) is 23.7 Å². The number of unbranched alkanes of at least 4 members (excludes halogenated alkanes) is 1. The van der Waals surface area contributed by atoms with Crippen LogP contribution < -0.4 is 15.8 Å². The van der Waals surface area contributed by atoms with Crippen molar-refractivity contribution in [3.63, 3.8) is 0 Å². The zero-order valence-corrected chi connectivity index (χ0v) is 17.3. The Morgan fingerprint density at radius 3 is 2.56 bits per heavy atom. The van der Waals surface area contributed by atoms with Crippen LogP contribution in [0, 0.1) is 6.92 Å². The smallest absolute Gasteiger partial charge is 0.262 e. The van der Waals surface area contributed by atoms with Crippen LogP contribution in [-0.4, -0.2) is 27.4 Å². The number of carbonyl (C=O) groups excluding carboxylic acids is 1. The van der Waals surface area contributed by atoms with Gasteiger partial charge in [0.05, 0.1) is 10.6 Å². The van der Waals surface area contributed by atoms with E-state index in [-0.39, 0.29) is 28.8 Å². The molecule has 0 aromatic heterocycles. The first kappa shape index (κ1) is 23.2. The van der Waals surface area contributed by atoms with E-state index in [0.29, 0.717) is 29.4 Å². The van der Waals surface area contributed by atoms with Gasteiger partial charge in [0.15, 0.2) is 0 Å². The summed E-state index contributed by atoms with van der Waals surface area (Å²) in [6.45, 7) is 2.74. The first-order valence-corrected chi connectivity index (χ1v) is 10.1. The highest BCUT2D eigenvalue weighted by Gasteiger charge is 2.19. The van der Waals surface area contributed by atoms with E-state index in [1.807, 2.05) is 0 Å². The Balaban J connectivity index is 0.00000364. The van der Waals surface area contributed by atoms with Crippen molar-refractivity contribution in [2.75, 3.05) is 17.8 Å². The number of halogens is 2. The number of anilines is 1. The zero-order valence-electron chi connectivity index (χ0n) is 14.9. The van der Waals surface area contributed by atoms with E-state index in [1.165, 1.54) is 12.1 Å². The molecule has 6 nitrogen and oxygen atoms in total. The Hall–Kier alpha value is -1.80. The Morgan fingerprint density at radius 2 is 1.89 bits per heavy atom. The fraction of sp³-hybridized carbons (Fsp3) is 0.278. The monoisotopic (exact) mass is 431 g/mol. The van der Waals surface area contributed by atoms with Crippen molar-refractivity contribution in [1.29, 1.82) is 0 Å². The molecule has 148 valence electrons. The minimum Gasteiger partial charge on any atom is -0.352 e. The predicted octanol–water partition coefficient (Wildman–Crippen LogP) is 3.34. The topological polar surface area (TPSA) is 101 Å². The van der Waals surface area contributed by atoms with Gasteiger partial charge in [-0.3, -0.25) is 9.52 Å². The molecule has 9 heteroatoms. The second-order valence-electron chi connectivity index (χ2n) is 5.85. The summed E-state index contributed by atoms with van der Waals surface area (Å²) in [6, 6.07) is 11.0. The molecule has 0 saturated heterocycles. The van der Waals surface area contributed by atoms with Crippen LogP contribution in [0.15, 0.2) is 47.4 Å². The Morgan fingerprint density at radius 1 is 1.15 bits per heavy atom. The number of amides is 1. The van der Waals surface area contributed by atoms with Gasteiger partial charge < -0.3 is 11.1 Å². The number of carbonyl (C=O) groups is 1. The highest BCUT2D eigenvalue weighted by molar-refractivity contribution is 7.92. The minimum absolute atomic E-state index is 0. The highest BCUT2D eigenvalue weighted by Crippen LogP contribution is 2.22. The number of rotatable bonds is 8. The van der Waals surface area contributed by atoms with Crippen molar-refractivity contribution in [2.45, 2.75) is 24.7 Å². The van der Waals surface area contributed by atoms with Crippen LogP contribution in [0.2, 0.25) is 5.02 Å². The summed E-state index contributed by atoms with van der Waals surface area (Å²) in [6.07, 6.45) is 1.59. The van der Waals surface area contributed by atoms with E-state index < -0.39 is 10.0 Å². The van der Waals surface area contributed by atoms with Gasteiger partial charge in [-0.15, -0.1) is 12.4 Å². The third kappa shape index (κ3) is 6.70. The predicted molar refractivity (Wildman–Crippen MR) is 111 cm³/mol. The summed E-state index contributed by atoms with van der Waals surface area (Å²) in [7, 11) is -3.85. The molecule has 2 aromatic carbocycles. The molecule has 27 heavy (non-hydrogen) atoms. The number of benzene rings is 2. The number of nitrogens with one attached hydrogen (secondary N) is 2. The Bertz CT molecular complexity index is 889. The lowest BCUT2D eigenvalue weighted by Gasteiger charge is -2.12. The molecule has 0 atom stereocenters. The minimum atomic E-state index is -3.85. The summed E-state index contributed by atoms with van der Waals surface area (Å²) in [5, 5.41) is 3.19. The quantitative estimate of drug-likeness (QED) is 0.557. The molecule has 0 unspecified atom stereocenters. The lowest BCUT2D eigenvalue weighted by Crippen LogP contribution is -2.25. The third-order valence-corrected chi connectivity index (χ3v) is 5.49. The lowest BCUT2D eigenvalue weighted by atomic mass is 10.1. The van der Waals surface area contributed by atoms with E-state index in [9.17, 15) is 13.2 Å². The number of nitrogens with two attached hydrogens (primary N) is 1. The van der Waals surface area contributed by atoms with Gasteiger partial charge in [0.2, 0.25) is 0 Å². The van der Waals surface area contributed by atoms with Crippen LogP contribution in [0.5, 0.6) is 0 Å². The molecule has 0 spiro atoms. The normalized spacial score (nSPS) is 10.8. The van der Waals surface area contributed by atoms with Crippen molar-refractivity contribution >= 4 is 45.6 Å². The second kappa shape index (κ2) is 10.5. The van der Waals surface area contributed by atoms with Crippen LogP contribution in [0.25, 0.3) is 0 Å². The molecule has 0 radical (unpaired) electrons. The summed E-state index contributed by atoms with van der Waals surface area (Å²) in [5.74, 6) is -0.318. The van der Waals surface area contributed by atoms with Gasteiger partial charge in [-0.25, -0.2) is 8.42 Å². The number of sulfonamides is 1. The van der Waals surface area contributed by atoms with Crippen molar-refractivity contribution < 1.29 is 13.2 Å². The average molecular weight is 432 g/mol. The molecule has 2 aromatic rings. The molecule has 1 amide bonds. The molecule has 2 rings (SSSR count). The van der Waals surface area contributed by atoms with E-state index >= 15 is 0 Å². The van der Waals surface area contributed by atoms with Crippen LogP contribution in [0.1, 0.15) is 28.8 Å². The van der Waals surface area contributed by atoms with Crippen molar-refractivity contribution in [2.24, 2.45) is 5.73 Å². The van der Waals surface area contributed by atoms with Crippen LogP contribution in [0.3, 0.4) is 0 Å². The zero-order chi connectivity index (χ0) is 19.2. The molecule has 0 heterocycles. The molecule has 0 saturated carbocycles. The van der Waals surface area contributed by atoms with Gasteiger partial charge in [0, 0.05) is 17.1 Å². The summed E-state index contributed by atoms with van der Waals surface area (Å²) in [5.41, 5.74) is 6.60. The van der Waals surface area contributed by atoms with Gasteiger partial charge in [0.1, 0.15) is 0 Å². The largest absolute Gasteiger partial charge is 0.352 e. The van der Waals surface area contributed by atoms with E-state index in [2.05, 4.69) is 10.0 Å². The maximum Gasteiger partial charge on any atom is 0.262 e. The van der Waals surface area contributed by atoms with Crippen LogP contribution in [0.4, 0.5) is 5.69 Å². The molecule has 0 aliphatic rings. The first-order valence-electron chi connectivity index (χ1n) is 8.21. The van der Waals surface area contributed by atoms with Crippen LogP contribution >= 0.6 is 24.0 Å². The molecule has 0 bridgehead atoms. The molecular formula is C18H23Cl2N3O3S.